The summed E-state index contributed by atoms with van der Waals surface area (Å²) in [6.45, 7) is 11.5. The lowest BCUT2D eigenvalue weighted by atomic mass is 9.90. The van der Waals surface area contributed by atoms with Gasteiger partial charge in [0, 0.05) is 5.56 Å². The molecule has 2 aromatic carbocycles. The fourth-order valence-electron chi connectivity index (χ4n) is 2.76. The second-order valence-corrected chi connectivity index (χ2v) is 6.42. The van der Waals surface area contributed by atoms with Gasteiger partial charge in [0.1, 0.15) is 5.75 Å². The van der Waals surface area contributed by atoms with Crippen LogP contribution in [0, 0.1) is 27.7 Å². The van der Waals surface area contributed by atoms with Crippen LogP contribution in [-0.4, -0.2) is 6.61 Å². The molecule has 0 aliphatic rings. The van der Waals surface area contributed by atoms with Gasteiger partial charge in [-0.2, -0.15) is 0 Å². The quantitative estimate of drug-likeness (QED) is 0.635. The normalized spacial score (nSPS) is 12.3. The third kappa shape index (κ3) is 3.16. The van der Waals surface area contributed by atoms with E-state index in [1.165, 1.54) is 33.4 Å². The summed E-state index contributed by atoms with van der Waals surface area (Å²) in [5.74, 6) is 0.958. The van der Waals surface area contributed by atoms with E-state index < -0.39 is 0 Å². The Hall–Kier alpha value is -1.28. The summed E-state index contributed by atoms with van der Waals surface area (Å²) >= 11 is 3.90. The fraction of sp³-hybridized carbons (Fsp3) is 0.368. The van der Waals surface area contributed by atoms with Crippen LogP contribution in [-0.2, 0) is 0 Å². The van der Waals surface area contributed by atoms with Gasteiger partial charge in [-0.1, -0.05) is 40.2 Å². The zero-order valence-electron chi connectivity index (χ0n) is 13.5. The molecule has 2 aromatic rings. The van der Waals surface area contributed by atoms with Gasteiger partial charge in [-0.3, -0.25) is 0 Å². The Kier molecular flexibility index (Phi) is 5.10. The van der Waals surface area contributed by atoms with Crippen LogP contribution in [0.5, 0.6) is 5.75 Å². The summed E-state index contributed by atoms with van der Waals surface area (Å²) < 4.78 is 5.79. The molecule has 0 fully saturated rings. The van der Waals surface area contributed by atoms with E-state index in [0.29, 0.717) is 6.61 Å². The van der Waals surface area contributed by atoms with Crippen molar-refractivity contribution in [3.05, 3.63) is 63.7 Å². The Morgan fingerprint density at radius 2 is 1.57 bits per heavy atom. The fourth-order valence-corrected chi connectivity index (χ4v) is 3.82. The van der Waals surface area contributed by atoms with Crippen molar-refractivity contribution in [2.45, 2.75) is 39.4 Å². The van der Waals surface area contributed by atoms with Gasteiger partial charge in [-0.15, -0.1) is 0 Å². The maximum Gasteiger partial charge on any atom is 0.123 e. The molecule has 0 heterocycles. The second kappa shape index (κ2) is 6.65. The number of benzene rings is 2. The second-order valence-electron chi connectivity index (χ2n) is 5.51. The lowest BCUT2D eigenvalue weighted by Crippen LogP contribution is -2.05. The van der Waals surface area contributed by atoms with E-state index in [1.54, 1.807) is 0 Å². The average Bonchev–Trinajstić information content (AvgIpc) is 2.46. The van der Waals surface area contributed by atoms with Crippen molar-refractivity contribution in [3.63, 3.8) is 0 Å². The molecule has 0 amide bonds. The molecule has 0 aromatic heterocycles. The Morgan fingerprint density at radius 3 is 2.14 bits per heavy atom. The van der Waals surface area contributed by atoms with Crippen LogP contribution in [0.4, 0.5) is 0 Å². The predicted molar refractivity (Wildman–Crippen MR) is 93.8 cm³/mol. The van der Waals surface area contributed by atoms with Crippen molar-refractivity contribution >= 4 is 15.9 Å². The Bertz CT molecular complexity index is 620. The monoisotopic (exact) mass is 346 g/mol. The van der Waals surface area contributed by atoms with E-state index in [4.69, 9.17) is 4.74 Å². The van der Waals surface area contributed by atoms with Crippen LogP contribution < -0.4 is 4.74 Å². The molecule has 1 atom stereocenters. The Labute approximate surface area is 136 Å². The van der Waals surface area contributed by atoms with E-state index in [-0.39, 0.29) is 4.83 Å². The Morgan fingerprint density at radius 1 is 1.00 bits per heavy atom. The minimum Gasteiger partial charge on any atom is -0.494 e. The minimum atomic E-state index is 0.152. The molecule has 0 spiro atoms. The van der Waals surface area contributed by atoms with Gasteiger partial charge < -0.3 is 4.74 Å². The molecule has 1 unspecified atom stereocenters. The zero-order valence-corrected chi connectivity index (χ0v) is 15.0. The zero-order chi connectivity index (χ0) is 15.6. The van der Waals surface area contributed by atoms with Crippen LogP contribution in [0.1, 0.15) is 45.1 Å². The highest BCUT2D eigenvalue weighted by Gasteiger charge is 2.20. The molecule has 0 N–H and O–H groups in total. The SMILES string of the molecule is CCOc1ccccc1C(Br)c1c(C)c(C)cc(C)c1C. The Balaban J connectivity index is 2.58. The van der Waals surface area contributed by atoms with Crippen molar-refractivity contribution in [2.24, 2.45) is 0 Å². The van der Waals surface area contributed by atoms with Crippen LogP contribution in [0.15, 0.2) is 30.3 Å². The number of rotatable bonds is 4. The lowest BCUT2D eigenvalue weighted by Gasteiger charge is -2.22. The molecule has 2 rings (SSSR count). The summed E-state index contributed by atoms with van der Waals surface area (Å²) in [5, 5.41) is 0. The van der Waals surface area contributed by atoms with Crippen LogP contribution in [0.25, 0.3) is 0 Å². The van der Waals surface area contributed by atoms with E-state index >= 15 is 0 Å². The van der Waals surface area contributed by atoms with Crippen LogP contribution >= 0.6 is 15.9 Å². The summed E-state index contributed by atoms with van der Waals surface area (Å²) in [6, 6.07) is 10.5. The molecule has 1 nitrogen and oxygen atoms in total. The first-order valence-corrected chi connectivity index (χ1v) is 8.32. The standard InChI is InChI=1S/C19H23BrO/c1-6-21-17-10-8-7-9-16(17)19(20)18-14(4)12(2)11-13(3)15(18)5/h7-11,19H,6H2,1-5H3. The highest BCUT2D eigenvalue weighted by Crippen LogP contribution is 2.40. The lowest BCUT2D eigenvalue weighted by molar-refractivity contribution is 0.337. The molecular formula is C19H23BrO. The summed E-state index contributed by atoms with van der Waals surface area (Å²) in [6.07, 6.45) is 0. The highest BCUT2D eigenvalue weighted by molar-refractivity contribution is 9.09. The molecular weight excluding hydrogens is 324 g/mol. The highest BCUT2D eigenvalue weighted by atomic mass is 79.9. The number of ether oxygens (including phenoxy) is 1. The third-order valence-corrected chi connectivity index (χ3v) is 5.12. The first-order chi connectivity index (χ1) is 9.97. The van der Waals surface area contributed by atoms with Crippen molar-refractivity contribution in [1.29, 1.82) is 0 Å². The number of aryl methyl sites for hydroxylation is 2. The van der Waals surface area contributed by atoms with Crippen molar-refractivity contribution in [1.82, 2.24) is 0 Å². The van der Waals surface area contributed by atoms with Gasteiger partial charge in [-0.25, -0.2) is 0 Å². The van der Waals surface area contributed by atoms with Crippen molar-refractivity contribution < 1.29 is 4.74 Å². The summed E-state index contributed by atoms with van der Waals surface area (Å²) in [7, 11) is 0. The van der Waals surface area contributed by atoms with E-state index in [1.807, 2.05) is 19.1 Å². The van der Waals surface area contributed by atoms with Gasteiger partial charge in [0.25, 0.3) is 0 Å². The predicted octanol–water partition coefficient (Wildman–Crippen LogP) is 5.80. The molecule has 0 saturated heterocycles. The van der Waals surface area contributed by atoms with Gasteiger partial charge >= 0.3 is 0 Å². The van der Waals surface area contributed by atoms with Gasteiger partial charge in [0.05, 0.1) is 11.4 Å². The summed E-state index contributed by atoms with van der Waals surface area (Å²) in [5.41, 5.74) is 7.94. The van der Waals surface area contributed by atoms with Crippen LogP contribution in [0.2, 0.25) is 0 Å². The van der Waals surface area contributed by atoms with Crippen molar-refractivity contribution in [3.8, 4) is 5.75 Å². The average molecular weight is 347 g/mol. The largest absolute Gasteiger partial charge is 0.494 e. The minimum absolute atomic E-state index is 0.152. The molecule has 2 heteroatoms. The topological polar surface area (TPSA) is 9.23 Å². The molecule has 0 saturated carbocycles. The van der Waals surface area contributed by atoms with E-state index in [2.05, 4.69) is 61.8 Å². The first-order valence-electron chi connectivity index (χ1n) is 7.40. The maximum absolute atomic E-state index is 5.79. The molecule has 21 heavy (non-hydrogen) atoms. The number of hydrogen-bond donors (Lipinski definition) is 0. The number of hydrogen-bond acceptors (Lipinski definition) is 1. The van der Waals surface area contributed by atoms with Gasteiger partial charge in [-0.05, 0) is 68.5 Å². The first kappa shape index (κ1) is 16.1. The molecule has 0 aliphatic carbocycles. The molecule has 112 valence electrons. The van der Waals surface area contributed by atoms with E-state index in [9.17, 15) is 0 Å². The van der Waals surface area contributed by atoms with E-state index in [0.717, 1.165) is 5.75 Å². The number of alkyl halides is 1. The maximum atomic E-state index is 5.79. The van der Waals surface area contributed by atoms with Crippen molar-refractivity contribution in [2.75, 3.05) is 6.61 Å². The summed E-state index contributed by atoms with van der Waals surface area (Å²) in [4.78, 5) is 0.152. The molecule has 0 radical (unpaired) electrons. The smallest absolute Gasteiger partial charge is 0.123 e. The number of halogens is 1. The number of para-hydroxylation sites is 1. The van der Waals surface area contributed by atoms with Gasteiger partial charge in [0.15, 0.2) is 0 Å². The molecule has 0 aliphatic heterocycles. The molecule has 0 bridgehead atoms. The van der Waals surface area contributed by atoms with Crippen LogP contribution in [0.3, 0.4) is 0 Å². The third-order valence-electron chi connectivity index (χ3n) is 4.17. The van der Waals surface area contributed by atoms with Gasteiger partial charge in [0.2, 0.25) is 0 Å².